The minimum Gasteiger partial charge on any atom is -0.462 e. The van der Waals surface area contributed by atoms with E-state index in [-0.39, 0.29) is 48.7 Å². The van der Waals surface area contributed by atoms with Crippen LogP contribution in [0.2, 0.25) is 40.2 Å². The first-order valence-corrected chi connectivity index (χ1v) is 46.9. The zero-order valence-corrected chi connectivity index (χ0v) is 78.4. The third kappa shape index (κ3) is 19.8. The molecule has 132 heavy (non-hydrogen) atoms. The van der Waals surface area contributed by atoms with Gasteiger partial charge in [-0.3, -0.25) is 0 Å². The number of unbranched alkanes of at least 4 members (excludes halogenated alkanes) is 4. The lowest BCUT2D eigenvalue weighted by Gasteiger charge is -2.20. The van der Waals surface area contributed by atoms with E-state index in [1.807, 2.05) is 319 Å². The van der Waals surface area contributed by atoms with Crippen molar-refractivity contribution in [1.29, 1.82) is 0 Å². The van der Waals surface area contributed by atoms with Crippen LogP contribution in [0, 0.1) is 0 Å². The van der Waals surface area contributed by atoms with Crippen molar-refractivity contribution in [2.24, 2.45) is 0 Å². The lowest BCUT2D eigenvalue weighted by molar-refractivity contribution is 0.0490. The van der Waals surface area contributed by atoms with E-state index in [4.69, 9.17) is 122 Å². The maximum atomic E-state index is 15.1. The molecular weight excluding hydrogens is 1810 g/mol. The molecule has 17 rings (SSSR count). The van der Waals surface area contributed by atoms with Crippen molar-refractivity contribution in [3.63, 3.8) is 0 Å². The molecule has 0 unspecified atom stereocenters. The number of nitrogens with zero attached hydrogens (tertiary/aromatic N) is 2. The molecule has 658 valence electrons. The van der Waals surface area contributed by atoms with Crippen LogP contribution in [0.1, 0.15) is 143 Å². The summed E-state index contributed by atoms with van der Waals surface area (Å²) in [5.41, 5.74) is 20.1. The van der Waals surface area contributed by atoms with E-state index in [9.17, 15) is 0 Å². The van der Waals surface area contributed by atoms with E-state index < -0.39 is 23.9 Å². The number of esters is 4. The van der Waals surface area contributed by atoms with Gasteiger partial charge in [-0.25, -0.2) is 29.1 Å². The first kappa shape index (κ1) is 91.3. The standard InChI is InChI=1S/C112H86Cl8N4O8/c1-5-9-53-129-109(125)73-57-85(65-13-29-77(113)30-14-65)101(86(58-73)66-15-31-78(114)32-16-66)105-93-45-47-95(121-93)106(102-87(67-17-33-79(115)34-18-67)59-74(110(126)130-54-10-6-2)60-88(102)68-19-35-80(116)36-20-68)97-49-51-99(123-97)108(104-91(71-25-41-83(119)42-26-71)63-76(112(128)132-56-12-8-4)64-92(104)72-27-43-84(120)44-28-72)100-52-50-98(124-100)107(96-48-46-94(105)122-96)103-89(69-21-37-81(117)38-22-69)61-75(111(127)131-55-11-7-3)62-90(103)70-23-39-82(118)40-24-70/h13-52,57-64,121,124H,5-12,53-56H2,1-4H3. The van der Waals surface area contributed by atoms with Crippen LogP contribution in [0.5, 0.6) is 0 Å². The van der Waals surface area contributed by atoms with Gasteiger partial charge in [-0.2, -0.15) is 0 Å². The number of nitrogens with one attached hydrogen (secondary N) is 2. The summed E-state index contributed by atoms with van der Waals surface area (Å²) in [5, 5.41) is 3.82. The van der Waals surface area contributed by atoms with Crippen molar-refractivity contribution >= 4 is 163 Å². The fraction of sp³-hybridized carbons (Fsp3) is 0.143. The number of halogens is 8. The summed E-state index contributed by atoms with van der Waals surface area (Å²) in [5.74, 6) is -2.14. The molecule has 12 aromatic carbocycles. The summed E-state index contributed by atoms with van der Waals surface area (Å²) in [6.45, 7) is 8.89. The molecule has 20 heteroatoms. The number of carbonyl (C=O) groups is 4. The molecule has 2 N–H and O–H groups in total. The summed E-state index contributed by atoms with van der Waals surface area (Å²) in [7, 11) is 0. The Morgan fingerprint density at radius 1 is 0.227 bits per heavy atom. The van der Waals surface area contributed by atoms with Crippen molar-refractivity contribution in [3.8, 4) is 134 Å². The lowest BCUT2D eigenvalue weighted by Crippen LogP contribution is -2.08. The highest BCUT2D eigenvalue weighted by Crippen LogP contribution is 2.53. The monoisotopic (exact) mass is 1890 g/mol. The van der Waals surface area contributed by atoms with Crippen LogP contribution in [-0.4, -0.2) is 70.2 Å². The summed E-state index contributed by atoms with van der Waals surface area (Å²) in [6, 6.07) is 82.9. The van der Waals surface area contributed by atoms with E-state index in [1.54, 1.807) is 0 Å². The van der Waals surface area contributed by atoms with Gasteiger partial charge in [0.2, 0.25) is 0 Å². The highest BCUT2D eigenvalue weighted by atomic mass is 35.5. The molecule has 5 heterocycles. The van der Waals surface area contributed by atoms with Gasteiger partial charge in [0.05, 0.1) is 71.5 Å². The molecule has 0 aliphatic carbocycles. The van der Waals surface area contributed by atoms with Crippen LogP contribution in [0.3, 0.4) is 0 Å². The molecule has 0 amide bonds. The number of aromatic nitrogens is 4. The highest BCUT2D eigenvalue weighted by molar-refractivity contribution is 6.33. The normalized spacial score (nSPS) is 11.6. The van der Waals surface area contributed by atoms with Crippen LogP contribution >= 0.6 is 92.8 Å². The van der Waals surface area contributed by atoms with Crippen molar-refractivity contribution < 1.29 is 38.1 Å². The predicted octanol–water partition coefficient (Wildman–Crippen LogP) is 33.7. The first-order valence-electron chi connectivity index (χ1n) is 43.9. The third-order valence-corrected chi connectivity index (χ3v) is 25.4. The summed E-state index contributed by atoms with van der Waals surface area (Å²) in [4.78, 5) is 80.7. The van der Waals surface area contributed by atoms with Gasteiger partial charge < -0.3 is 28.9 Å². The number of carbonyl (C=O) groups excluding carboxylic acids is 4. The molecule has 2 aliphatic heterocycles. The average molecular weight is 1900 g/mol. The topological polar surface area (TPSA) is 163 Å². The Labute approximate surface area is 805 Å². The van der Waals surface area contributed by atoms with Crippen molar-refractivity contribution in [2.45, 2.75) is 79.1 Å². The number of fused-ring (bicyclic) bond motifs is 8. The van der Waals surface area contributed by atoms with Gasteiger partial charge in [-0.05, 0) is 309 Å². The van der Waals surface area contributed by atoms with Crippen molar-refractivity contribution in [2.75, 3.05) is 26.4 Å². The Balaban J connectivity index is 1.14. The Morgan fingerprint density at radius 2 is 0.379 bits per heavy atom. The number of ether oxygens (including phenoxy) is 4. The van der Waals surface area contributed by atoms with Crippen LogP contribution in [0.4, 0.5) is 0 Å². The molecule has 2 aliphatic rings. The van der Waals surface area contributed by atoms with E-state index >= 15 is 19.2 Å². The molecule has 0 radical (unpaired) electrons. The molecule has 0 fully saturated rings. The Hall–Kier alpha value is -12.6. The summed E-state index contributed by atoms with van der Waals surface area (Å²) in [6.07, 6.45) is 13.7. The van der Waals surface area contributed by atoms with Gasteiger partial charge in [-0.1, -0.05) is 243 Å². The smallest absolute Gasteiger partial charge is 0.338 e. The first-order chi connectivity index (χ1) is 64.2. The van der Waals surface area contributed by atoms with Crippen LogP contribution in [-0.2, 0) is 18.9 Å². The molecule has 0 saturated carbocycles. The minimum absolute atomic E-state index is 0.182. The van der Waals surface area contributed by atoms with Crippen LogP contribution in [0.15, 0.2) is 267 Å². The SMILES string of the molecule is CCCCOC(=O)c1cc(-c2ccc(Cl)cc2)c(-c2c3nc(c(-c4c(-c5ccc(Cl)cc5)cc(C(=O)OCCCC)cc4-c4ccc(Cl)cc4)c4ccc([nH]4)c(-c4c(-c5ccc(Cl)cc5)cc(C(=O)OCCCC)cc4-c4ccc(Cl)cc4)c4nc(c(-c5c(-c6ccc(Cl)cc6)cc(C(=O)OCCCC)cc5-c5ccc(Cl)cc5)c5ccc2[nH]5)C=C4)C=C3)c(-c2ccc(Cl)cc2)c1. The summed E-state index contributed by atoms with van der Waals surface area (Å²) < 4.78 is 24.6. The second-order valence-corrected chi connectivity index (χ2v) is 35.8. The molecule has 0 spiro atoms. The molecule has 3 aromatic heterocycles. The second-order valence-electron chi connectivity index (χ2n) is 32.3. The maximum Gasteiger partial charge on any atom is 0.338 e. The van der Waals surface area contributed by atoms with Crippen LogP contribution < -0.4 is 0 Å². The van der Waals surface area contributed by atoms with Gasteiger partial charge >= 0.3 is 23.9 Å². The Bertz CT molecular complexity index is 6080. The fourth-order valence-electron chi connectivity index (χ4n) is 16.8. The van der Waals surface area contributed by atoms with E-state index in [0.29, 0.717) is 244 Å². The largest absolute Gasteiger partial charge is 0.462 e. The maximum absolute atomic E-state index is 15.1. The van der Waals surface area contributed by atoms with Crippen molar-refractivity contribution in [3.05, 3.63) is 352 Å². The second kappa shape index (κ2) is 41.1. The third-order valence-electron chi connectivity index (χ3n) is 23.4. The average Bonchev–Trinajstić information content (AvgIpc) is 1.67. The van der Waals surface area contributed by atoms with E-state index in [2.05, 4.69) is 9.97 Å². The molecule has 0 saturated heterocycles. The van der Waals surface area contributed by atoms with Gasteiger partial charge in [0, 0.05) is 107 Å². The molecule has 15 aromatic rings. The van der Waals surface area contributed by atoms with E-state index in [0.717, 1.165) is 25.7 Å². The fourth-order valence-corrected chi connectivity index (χ4v) is 17.8. The molecule has 12 nitrogen and oxygen atoms in total. The molecular formula is C112H86Cl8N4O8. The number of aromatic amines is 2. The number of rotatable bonds is 28. The van der Waals surface area contributed by atoms with Crippen LogP contribution in [0.25, 0.3) is 180 Å². The quantitative estimate of drug-likeness (QED) is 0.0274. The number of H-pyrrole nitrogens is 2. The summed E-state index contributed by atoms with van der Waals surface area (Å²) >= 11 is 55.3. The lowest BCUT2D eigenvalue weighted by atomic mass is 9.85. The minimum atomic E-state index is -0.534. The Kier molecular flexibility index (Phi) is 28.4. The van der Waals surface area contributed by atoms with Gasteiger partial charge in [0.1, 0.15) is 0 Å². The number of hydrogen-bond acceptors (Lipinski definition) is 10. The molecule has 0 atom stereocenters. The Morgan fingerprint density at radius 3 is 0.523 bits per heavy atom. The van der Waals surface area contributed by atoms with Crippen molar-refractivity contribution in [1.82, 2.24) is 19.9 Å². The molecule has 8 bridgehead atoms. The zero-order valence-electron chi connectivity index (χ0n) is 72.4. The van der Waals surface area contributed by atoms with Gasteiger partial charge in [-0.15, -0.1) is 0 Å². The number of benzene rings is 12. The van der Waals surface area contributed by atoms with Gasteiger partial charge in [0.15, 0.2) is 0 Å². The van der Waals surface area contributed by atoms with E-state index in [1.165, 1.54) is 0 Å². The number of hydrogen-bond donors (Lipinski definition) is 2. The highest BCUT2D eigenvalue weighted by Gasteiger charge is 2.32. The zero-order chi connectivity index (χ0) is 91.8. The predicted molar refractivity (Wildman–Crippen MR) is 545 cm³/mol. The van der Waals surface area contributed by atoms with Gasteiger partial charge in [0.25, 0.3) is 0 Å².